The second kappa shape index (κ2) is 25.3. The largest absolute Gasteiger partial charge is 0.481 e. The van der Waals surface area contributed by atoms with Crippen LogP contribution in [0, 0.1) is 66.2 Å². The number of rotatable bonds is 12. The van der Waals surface area contributed by atoms with E-state index in [9.17, 15) is 14.7 Å². The molecular formula is C64H72N4O6. The van der Waals surface area contributed by atoms with E-state index in [1.54, 1.807) is 18.2 Å². The number of nitrogens with zero attached hydrogens (tertiary/aromatic N) is 3. The van der Waals surface area contributed by atoms with E-state index in [0.717, 1.165) is 50.8 Å². The number of aromatic amines is 1. The highest BCUT2D eigenvalue weighted by atomic mass is 16.6. The number of epoxide rings is 1. The predicted octanol–water partition coefficient (Wildman–Crippen LogP) is 13.5. The van der Waals surface area contributed by atoms with Gasteiger partial charge in [0.15, 0.2) is 0 Å². The number of aliphatic hydroxyl groups excluding tert-OH is 1. The lowest BCUT2D eigenvalue weighted by molar-refractivity contribution is 0.155. The maximum atomic E-state index is 13.3. The third-order valence-electron chi connectivity index (χ3n) is 12.8. The molecule has 2 atom stereocenters. The average Bonchev–Trinajstić information content (AvgIpc) is 4.18. The zero-order valence-corrected chi connectivity index (χ0v) is 43.0. The number of nitrogens with one attached hydrogen (secondary N) is 1. The van der Waals surface area contributed by atoms with Crippen LogP contribution in [0.4, 0.5) is 0 Å². The first-order chi connectivity index (χ1) is 34.5. The summed E-state index contributed by atoms with van der Waals surface area (Å²) < 4.78 is 18.0. The van der Waals surface area contributed by atoms with Crippen LogP contribution in [-0.4, -0.2) is 44.4 Å². The number of aryl methyl sites for hydroxylation is 6. The van der Waals surface area contributed by atoms with Crippen LogP contribution in [0.25, 0.3) is 44.3 Å². The Bertz CT molecular complexity index is 3400. The summed E-state index contributed by atoms with van der Waals surface area (Å²) in [5.74, 6) is 7.01. The van der Waals surface area contributed by atoms with Gasteiger partial charge < -0.3 is 24.3 Å². The molecular weight excluding hydrogens is 921 g/mol. The Morgan fingerprint density at radius 2 is 1.12 bits per heavy atom. The number of hydrogen-bond acceptors (Lipinski definition) is 8. The minimum Gasteiger partial charge on any atom is -0.481 e. The number of fused-ring (bicyclic) bond motifs is 2. The number of H-pyrrole nitrogens is 1. The van der Waals surface area contributed by atoms with E-state index in [1.165, 1.54) is 37.9 Å². The van der Waals surface area contributed by atoms with Crippen molar-refractivity contribution in [1.29, 1.82) is 0 Å². The second-order valence-corrected chi connectivity index (χ2v) is 19.1. The average molecular weight is 993 g/mol. The molecule has 0 amide bonds. The Hall–Kier alpha value is -7.76. The van der Waals surface area contributed by atoms with Crippen molar-refractivity contribution in [1.82, 2.24) is 19.5 Å². The van der Waals surface area contributed by atoms with Crippen LogP contribution in [0.3, 0.4) is 0 Å². The molecule has 0 aliphatic carbocycles. The van der Waals surface area contributed by atoms with Gasteiger partial charge in [0, 0.05) is 21.9 Å². The van der Waals surface area contributed by atoms with E-state index < -0.39 is 11.8 Å². The molecule has 1 saturated heterocycles. The fourth-order valence-electron chi connectivity index (χ4n) is 9.39. The molecule has 2 unspecified atom stereocenters. The van der Waals surface area contributed by atoms with E-state index in [4.69, 9.17) is 27.1 Å². The van der Waals surface area contributed by atoms with Crippen LogP contribution < -0.4 is 20.9 Å². The third-order valence-corrected chi connectivity index (χ3v) is 12.8. The maximum Gasteiger partial charge on any atom is 0.348 e. The molecule has 0 bridgehead atoms. The number of hydrogen-bond donors (Lipinski definition) is 2. The molecule has 3 heterocycles. The van der Waals surface area contributed by atoms with Gasteiger partial charge in [-0.15, -0.1) is 12.8 Å². The molecule has 2 aromatic heterocycles. The minimum atomic E-state index is -0.859. The minimum absolute atomic E-state index is 0. The van der Waals surface area contributed by atoms with Crippen molar-refractivity contribution in [3.05, 3.63) is 186 Å². The molecule has 384 valence electrons. The van der Waals surface area contributed by atoms with Gasteiger partial charge in [0.1, 0.15) is 30.8 Å². The lowest BCUT2D eigenvalue weighted by atomic mass is 9.95. The standard InChI is InChI=1S/C31H32N2O3.C20H18N2O2.C11H14O.2CH4/c1-7-14-36-25-12-13-27-26(17-25)30(24-10-8-23(9-11-24)19(2)3)32-31(35)33(27)18-28(34)29-21(5)15-20(4)16-22(29)6;1-4-11-24-16-9-10-18-17(12-16)19(22-20(23)21-18)15-7-5-14(6-8-15)13(2)3;1-7-4-8(2)11(9(3)5-7)10-6-12-10;;/h1,8-13,15-17,19,28,34H,14,18H2,2-6H3;1,5-10,12-13H,11H2,2-3H3,(H,21,22,23);4-5,10H,6H2,1-3H3;2*1H4. The van der Waals surface area contributed by atoms with Gasteiger partial charge >= 0.3 is 11.4 Å². The van der Waals surface area contributed by atoms with E-state index >= 15 is 0 Å². The monoisotopic (exact) mass is 993 g/mol. The topological polar surface area (TPSA) is 132 Å². The van der Waals surface area contributed by atoms with Gasteiger partial charge in [-0.25, -0.2) is 9.59 Å². The SMILES string of the molecule is C.C.C#CCOc1ccc2[nH]c(=O)nc(-c3ccc(C(C)C)cc3)c2c1.C#CCOc1ccc2c(c1)c(-c1ccc(C(C)C)cc1)nc(=O)n2CC(O)c1c(C)cc(C)cc1C.Cc1cc(C)c(C2CO2)c(C)c1. The Morgan fingerprint density at radius 3 is 1.59 bits per heavy atom. The molecule has 9 rings (SSSR count). The molecule has 10 heteroatoms. The Balaban J connectivity index is 0.000000228. The fraction of sp³-hybridized carbons (Fsp3) is 0.312. The zero-order valence-electron chi connectivity index (χ0n) is 43.0. The van der Waals surface area contributed by atoms with Crippen molar-refractivity contribution in [2.75, 3.05) is 19.8 Å². The van der Waals surface area contributed by atoms with Crippen molar-refractivity contribution in [3.8, 4) is 58.7 Å². The fourth-order valence-corrected chi connectivity index (χ4v) is 9.39. The quantitative estimate of drug-likeness (QED) is 0.0914. The summed E-state index contributed by atoms with van der Waals surface area (Å²) in [4.78, 5) is 36.6. The summed E-state index contributed by atoms with van der Waals surface area (Å²) in [7, 11) is 0. The number of benzene rings is 6. The smallest absolute Gasteiger partial charge is 0.348 e. The number of ether oxygens (including phenoxy) is 3. The second-order valence-electron chi connectivity index (χ2n) is 19.1. The van der Waals surface area contributed by atoms with Gasteiger partial charge in [0.2, 0.25) is 0 Å². The van der Waals surface area contributed by atoms with Gasteiger partial charge in [-0.05, 0) is 134 Å². The normalized spacial score (nSPS) is 12.8. The first-order valence-electron chi connectivity index (χ1n) is 24.3. The van der Waals surface area contributed by atoms with Crippen molar-refractivity contribution in [2.45, 2.75) is 115 Å². The molecule has 1 aliphatic rings. The molecule has 0 saturated carbocycles. The van der Waals surface area contributed by atoms with Gasteiger partial charge in [-0.3, -0.25) is 4.57 Å². The molecule has 74 heavy (non-hydrogen) atoms. The van der Waals surface area contributed by atoms with Crippen LogP contribution in [0.15, 0.2) is 119 Å². The van der Waals surface area contributed by atoms with Crippen LogP contribution >= 0.6 is 0 Å². The van der Waals surface area contributed by atoms with E-state index in [1.807, 2.05) is 75.4 Å². The Kier molecular flexibility index (Phi) is 19.5. The number of terminal acetylenes is 2. The van der Waals surface area contributed by atoms with Crippen molar-refractivity contribution in [3.63, 3.8) is 0 Å². The Morgan fingerprint density at radius 1 is 0.662 bits per heavy atom. The van der Waals surface area contributed by atoms with Crippen LogP contribution in [0.1, 0.15) is 122 Å². The van der Waals surface area contributed by atoms with Gasteiger partial charge in [-0.2, -0.15) is 9.97 Å². The highest BCUT2D eigenvalue weighted by Gasteiger charge is 2.28. The lowest BCUT2D eigenvalue weighted by Crippen LogP contribution is -2.27. The molecule has 2 N–H and O–H groups in total. The van der Waals surface area contributed by atoms with Crippen molar-refractivity contribution in [2.24, 2.45) is 0 Å². The van der Waals surface area contributed by atoms with E-state index in [-0.39, 0.29) is 40.3 Å². The van der Waals surface area contributed by atoms with Crippen molar-refractivity contribution < 1.29 is 19.3 Å². The summed E-state index contributed by atoms with van der Waals surface area (Å²) >= 11 is 0. The third kappa shape index (κ3) is 13.6. The molecule has 1 aliphatic heterocycles. The molecule has 8 aromatic rings. The summed E-state index contributed by atoms with van der Waals surface area (Å²) in [6.07, 6.45) is 10.1. The van der Waals surface area contributed by atoms with E-state index in [0.29, 0.717) is 51.9 Å². The molecule has 0 radical (unpaired) electrons. The van der Waals surface area contributed by atoms with Crippen LogP contribution in [0.5, 0.6) is 11.5 Å². The van der Waals surface area contributed by atoms with Gasteiger partial charge in [0.05, 0.1) is 41.7 Å². The van der Waals surface area contributed by atoms with Gasteiger partial charge in [-0.1, -0.05) is 138 Å². The highest BCUT2D eigenvalue weighted by molar-refractivity contribution is 5.94. The molecule has 6 aromatic carbocycles. The zero-order chi connectivity index (χ0) is 51.8. The maximum absolute atomic E-state index is 13.3. The van der Waals surface area contributed by atoms with Crippen molar-refractivity contribution >= 4 is 21.8 Å². The number of aliphatic hydroxyl groups is 1. The highest BCUT2D eigenvalue weighted by Crippen LogP contribution is 2.36. The first kappa shape index (κ1) is 57.1. The van der Waals surface area contributed by atoms with Crippen LogP contribution in [-0.2, 0) is 11.3 Å². The Labute approximate surface area is 437 Å². The summed E-state index contributed by atoms with van der Waals surface area (Å²) in [5, 5.41) is 12.8. The van der Waals surface area contributed by atoms with Gasteiger partial charge in [0.25, 0.3) is 0 Å². The van der Waals surface area contributed by atoms with E-state index in [2.05, 4.69) is 112 Å². The summed E-state index contributed by atoms with van der Waals surface area (Å²) in [6, 6.07) is 35.7. The predicted molar refractivity (Wildman–Crippen MR) is 304 cm³/mol. The summed E-state index contributed by atoms with van der Waals surface area (Å²) in [6.45, 7) is 22.4. The lowest BCUT2D eigenvalue weighted by Gasteiger charge is -2.20. The molecule has 1 fully saturated rings. The summed E-state index contributed by atoms with van der Waals surface area (Å²) in [5.41, 5.74) is 15.4. The number of aromatic nitrogens is 4. The molecule has 0 spiro atoms. The van der Waals surface area contributed by atoms with Crippen LogP contribution in [0.2, 0.25) is 0 Å². The first-order valence-corrected chi connectivity index (χ1v) is 24.3. The molecule has 10 nitrogen and oxygen atoms in total.